The van der Waals surface area contributed by atoms with Crippen LogP contribution in [0.25, 0.3) is 0 Å². The number of cyclic esters (lactones) is 1. The molecule has 7 nitrogen and oxygen atoms in total. The number of nitrogens with zero attached hydrogens (tertiary/aromatic N) is 5. The number of fused-ring (bicyclic) bond motifs is 1. The van der Waals surface area contributed by atoms with Gasteiger partial charge in [-0.15, -0.1) is 0 Å². The molecule has 3 aromatic carbocycles. The number of anilines is 5. The summed E-state index contributed by atoms with van der Waals surface area (Å²) in [7, 11) is 8.09. The number of benzene rings is 3. The lowest BCUT2D eigenvalue weighted by Gasteiger charge is -2.43. The number of esters is 1. The van der Waals surface area contributed by atoms with Gasteiger partial charge in [0, 0.05) is 87.7 Å². The number of aromatic nitrogens is 1. The highest BCUT2D eigenvalue weighted by Gasteiger charge is 2.53. The lowest BCUT2D eigenvalue weighted by Crippen LogP contribution is -2.45. The molecule has 4 aromatic rings. The lowest BCUT2D eigenvalue weighted by molar-refractivity contribution is 0.0131. The molecule has 0 saturated carbocycles. The van der Waals surface area contributed by atoms with E-state index < -0.39 is 5.72 Å². The Labute approximate surface area is 243 Å². The largest absolute Gasteiger partial charge is 0.426 e. The van der Waals surface area contributed by atoms with Crippen molar-refractivity contribution >= 4 is 34.4 Å². The number of hydrogen-bond donors (Lipinski definition) is 0. The molecule has 0 radical (unpaired) electrons. The van der Waals surface area contributed by atoms with Crippen LogP contribution >= 0.6 is 0 Å². The first kappa shape index (κ1) is 28.0. The number of pyridine rings is 1. The molecular formula is C34H39N5O2. The van der Waals surface area contributed by atoms with E-state index in [0.717, 1.165) is 58.2 Å². The van der Waals surface area contributed by atoms with Crippen LogP contribution < -0.4 is 19.6 Å². The molecule has 0 aliphatic carbocycles. The molecule has 1 aliphatic heterocycles. The molecule has 0 N–H and O–H groups in total. The van der Waals surface area contributed by atoms with Crippen LogP contribution in [0.2, 0.25) is 0 Å². The van der Waals surface area contributed by atoms with E-state index in [1.54, 1.807) is 18.5 Å². The predicted molar refractivity (Wildman–Crippen MR) is 169 cm³/mol. The van der Waals surface area contributed by atoms with Crippen LogP contribution in [0.1, 0.15) is 40.9 Å². The van der Waals surface area contributed by atoms with Crippen LogP contribution in [-0.4, -0.2) is 52.2 Å². The first-order chi connectivity index (χ1) is 19.7. The average Bonchev–Trinajstić information content (AvgIpc) is 3.27. The van der Waals surface area contributed by atoms with E-state index in [4.69, 9.17) is 4.74 Å². The summed E-state index contributed by atoms with van der Waals surface area (Å²) in [4.78, 5) is 26.7. The van der Waals surface area contributed by atoms with E-state index in [2.05, 4.69) is 112 Å². The molecule has 41 heavy (non-hydrogen) atoms. The first-order valence-corrected chi connectivity index (χ1v) is 14.1. The summed E-state index contributed by atoms with van der Waals surface area (Å²) in [5.41, 5.74) is 6.97. The molecule has 0 spiro atoms. The smallest absolute Gasteiger partial charge is 0.341 e. The van der Waals surface area contributed by atoms with E-state index in [1.807, 2.05) is 28.2 Å². The number of carbonyl (C=O) groups is 1. The summed E-state index contributed by atoms with van der Waals surface area (Å²) in [6, 6.07) is 24.8. The van der Waals surface area contributed by atoms with E-state index in [0.29, 0.717) is 5.56 Å². The molecule has 0 fully saturated rings. The van der Waals surface area contributed by atoms with Crippen molar-refractivity contribution in [1.29, 1.82) is 0 Å². The van der Waals surface area contributed by atoms with Crippen molar-refractivity contribution in [2.24, 2.45) is 0 Å². The monoisotopic (exact) mass is 549 g/mol. The Morgan fingerprint density at radius 3 is 1.71 bits per heavy atom. The van der Waals surface area contributed by atoms with Gasteiger partial charge in [0.05, 0.1) is 11.1 Å². The molecular weight excluding hydrogens is 510 g/mol. The normalized spacial score (nSPS) is 15.7. The fraction of sp³-hybridized carbons (Fsp3) is 0.294. The summed E-state index contributed by atoms with van der Waals surface area (Å²) in [5, 5.41) is 0. The van der Waals surface area contributed by atoms with Crippen LogP contribution in [0, 0.1) is 6.92 Å². The van der Waals surface area contributed by atoms with E-state index in [9.17, 15) is 4.79 Å². The van der Waals surface area contributed by atoms with Gasteiger partial charge in [-0.1, -0.05) is 6.07 Å². The Kier molecular flexibility index (Phi) is 7.63. The lowest BCUT2D eigenvalue weighted by atomic mass is 9.88. The second-order valence-electron chi connectivity index (χ2n) is 10.8. The quantitative estimate of drug-likeness (QED) is 0.219. The van der Waals surface area contributed by atoms with E-state index in [1.165, 1.54) is 0 Å². The van der Waals surface area contributed by atoms with E-state index in [-0.39, 0.29) is 5.97 Å². The maximum Gasteiger partial charge on any atom is 0.341 e. The molecule has 2 heterocycles. The third kappa shape index (κ3) is 4.86. The number of rotatable bonds is 9. The Balaban J connectivity index is 1.81. The third-order valence-electron chi connectivity index (χ3n) is 7.91. The van der Waals surface area contributed by atoms with Crippen molar-refractivity contribution in [3.8, 4) is 0 Å². The zero-order chi connectivity index (χ0) is 29.3. The molecule has 7 heteroatoms. The molecule has 1 atom stereocenters. The SMILES string of the molecule is CCN(CC)c1ccc(C2(N(c3ccc(N(C)C)cc3)c3ccc(N(C)C)cc3)OC(=O)c3ccncc32)c(C)c1. The van der Waals surface area contributed by atoms with Crippen molar-refractivity contribution in [2.45, 2.75) is 26.5 Å². The molecule has 1 aliphatic rings. The summed E-state index contributed by atoms with van der Waals surface area (Å²) in [6.07, 6.45) is 3.42. The second kappa shape index (κ2) is 11.2. The van der Waals surface area contributed by atoms with Crippen LogP contribution in [0.15, 0.2) is 85.2 Å². The van der Waals surface area contributed by atoms with Gasteiger partial charge in [-0.2, -0.15) is 0 Å². The molecule has 0 saturated heterocycles. The summed E-state index contributed by atoms with van der Waals surface area (Å²) in [6.45, 7) is 8.22. The predicted octanol–water partition coefficient (Wildman–Crippen LogP) is 6.58. The number of ether oxygens (including phenoxy) is 1. The topological polar surface area (TPSA) is 52.2 Å². The second-order valence-corrected chi connectivity index (χ2v) is 10.8. The Morgan fingerprint density at radius 2 is 1.22 bits per heavy atom. The molecule has 212 valence electrons. The van der Waals surface area contributed by atoms with Crippen molar-refractivity contribution in [2.75, 3.05) is 60.9 Å². The van der Waals surface area contributed by atoms with Crippen LogP contribution in [-0.2, 0) is 10.5 Å². The van der Waals surface area contributed by atoms with Gasteiger partial charge in [0.15, 0.2) is 0 Å². The van der Waals surface area contributed by atoms with Gasteiger partial charge in [0.25, 0.3) is 0 Å². The molecule has 0 bridgehead atoms. The van der Waals surface area contributed by atoms with Gasteiger partial charge < -0.3 is 19.4 Å². The maximum absolute atomic E-state index is 13.6. The van der Waals surface area contributed by atoms with Crippen molar-refractivity contribution in [1.82, 2.24) is 4.98 Å². The molecule has 5 rings (SSSR count). The van der Waals surface area contributed by atoms with Gasteiger partial charge in [0.1, 0.15) is 0 Å². The highest BCUT2D eigenvalue weighted by Crippen LogP contribution is 2.51. The zero-order valence-corrected chi connectivity index (χ0v) is 25.0. The molecule has 0 amide bonds. The van der Waals surface area contributed by atoms with Crippen LogP contribution in [0.4, 0.5) is 28.4 Å². The van der Waals surface area contributed by atoms with Crippen molar-refractivity contribution < 1.29 is 9.53 Å². The summed E-state index contributed by atoms with van der Waals surface area (Å²) < 4.78 is 6.58. The van der Waals surface area contributed by atoms with Crippen LogP contribution in [0.3, 0.4) is 0 Å². The van der Waals surface area contributed by atoms with Gasteiger partial charge >= 0.3 is 5.97 Å². The first-order valence-electron chi connectivity index (χ1n) is 14.1. The average molecular weight is 550 g/mol. The van der Waals surface area contributed by atoms with Gasteiger partial charge in [-0.3, -0.25) is 9.88 Å². The molecule has 1 unspecified atom stereocenters. The Morgan fingerprint density at radius 1 is 0.707 bits per heavy atom. The Bertz CT molecular complexity index is 1480. The molecule has 1 aromatic heterocycles. The van der Waals surface area contributed by atoms with E-state index >= 15 is 0 Å². The van der Waals surface area contributed by atoms with Gasteiger partial charge in [-0.25, -0.2) is 4.79 Å². The fourth-order valence-electron chi connectivity index (χ4n) is 5.70. The minimum absolute atomic E-state index is 0.366. The third-order valence-corrected chi connectivity index (χ3v) is 7.91. The minimum atomic E-state index is -1.27. The zero-order valence-electron chi connectivity index (χ0n) is 25.0. The number of carbonyl (C=O) groups excluding carboxylic acids is 1. The van der Waals surface area contributed by atoms with Gasteiger partial charge in [0.2, 0.25) is 5.72 Å². The number of aryl methyl sites for hydroxylation is 1. The number of hydrogen-bond acceptors (Lipinski definition) is 7. The van der Waals surface area contributed by atoms with Crippen LogP contribution in [0.5, 0.6) is 0 Å². The highest BCUT2D eigenvalue weighted by molar-refractivity contribution is 5.96. The minimum Gasteiger partial charge on any atom is -0.426 e. The Hall–Kier alpha value is -4.52. The fourth-order valence-corrected chi connectivity index (χ4v) is 5.70. The van der Waals surface area contributed by atoms with Crippen molar-refractivity contribution in [3.63, 3.8) is 0 Å². The van der Waals surface area contributed by atoms with Crippen molar-refractivity contribution in [3.05, 3.63) is 107 Å². The van der Waals surface area contributed by atoms with Gasteiger partial charge in [-0.05, 0) is 93.1 Å². The standard InChI is InChI=1S/C34H39N5O2/c1-8-38(9-2)29-18-19-31(24(3)22-29)34(32-23-35-21-20-30(32)33(40)41-34)39(27-14-10-25(11-15-27)36(4)5)28-16-12-26(13-17-28)37(6)7/h10-23H,8-9H2,1-7H3. The highest BCUT2D eigenvalue weighted by atomic mass is 16.6. The summed E-state index contributed by atoms with van der Waals surface area (Å²) >= 11 is 0. The maximum atomic E-state index is 13.6. The summed E-state index contributed by atoms with van der Waals surface area (Å²) in [5.74, 6) is -0.366.